The summed E-state index contributed by atoms with van der Waals surface area (Å²) in [6, 6.07) is 17.4. The molecule has 0 aliphatic carbocycles. The lowest BCUT2D eigenvalue weighted by molar-refractivity contribution is -0.222. The maximum absolute atomic E-state index is 13.7. The number of ether oxygens (including phenoxy) is 2. The van der Waals surface area contributed by atoms with Crippen molar-refractivity contribution in [1.82, 2.24) is 14.9 Å². The van der Waals surface area contributed by atoms with Crippen LogP contribution in [0.5, 0.6) is 0 Å². The van der Waals surface area contributed by atoms with Crippen LogP contribution in [-0.4, -0.2) is 46.1 Å². The zero-order valence-corrected chi connectivity index (χ0v) is 22.2. The first kappa shape index (κ1) is 26.5. The van der Waals surface area contributed by atoms with Crippen molar-refractivity contribution in [3.8, 4) is 0 Å². The van der Waals surface area contributed by atoms with Crippen molar-refractivity contribution < 1.29 is 37.0 Å². The number of rotatable bonds is 5. The number of H-pyrrole nitrogens is 1. The molecule has 2 amide bonds. The number of benzene rings is 3. The minimum Gasteiger partial charge on any atom is -0.453 e. The Balaban J connectivity index is 1.73. The van der Waals surface area contributed by atoms with Crippen LogP contribution < -0.4 is 5.32 Å². The predicted molar refractivity (Wildman–Crippen MR) is 141 cm³/mol. The van der Waals surface area contributed by atoms with Gasteiger partial charge in [0.1, 0.15) is 0 Å². The number of imidazole rings is 1. The molecule has 2 heterocycles. The van der Waals surface area contributed by atoms with E-state index in [1.807, 2.05) is 6.07 Å². The van der Waals surface area contributed by atoms with Crippen LogP contribution in [0.15, 0.2) is 66.7 Å². The second kappa shape index (κ2) is 9.87. The van der Waals surface area contributed by atoms with E-state index >= 15 is 0 Å². The third-order valence-electron chi connectivity index (χ3n) is 6.13. The van der Waals surface area contributed by atoms with Crippen molar-refractivity contribution in [2.24, 2.45) is 0 Å². The number of anilines is 1. The molecule has 1 atom stereocenters. The summed E-state index contributed by atoms with van der Waals surface area (Å²) in [5.74, 6) is -3.05. The summed E-state index contributed by atoms with van der Waals surface area (Å²) in [5, 5.41) is 2.37. The van der Waals surface area contributed by atoms with Crippen molar-refractivity contribution in [3.05, 3.63) is 92.6 Å². The molecule has 2 N–H and O–H groups in total. The number of esters is 1. The van der Waals surface area contributed by atoms with Crippen molar-refractivity contribution >= 4 is 57.5 Å². The average molecular weight is 650 g/mol. The van der Waals surface area contributed by atoms with E-state index in [9.17, 15) is 27.6 Å². The summed E-state index contributed by atoms with van der Waals surface area (Å²) in [5.41, 5.74) is -0.776. The van der Waals surface area contributed by atoms with Gasteiger partial charge < -0.3 is 14.5 Å². The lowest BCUT2D eigenvalue weighted by atomic mass is 9.92. The Morgan fingerprint density at radius 2 is 1.87 bits per heavy atom. The molecule has 1 unspecified atom stereocenters. The van der Waals surface area contributed by atoms with E-state index in [4.69, 9.17) is 4.74 Å². The number of hydrogen-bond acceptors (Lipinski definition) is 6. The van der Waals surface area contributed by atoms with Gasteiger partial charge in [0.15, 0.2) is 0 Å². The number of fused-ring (bicyclic) bond motifs is 2. The van der Waals surface area contributed by atoms with Crippen molar-refractivity contribution in [2.75, 3.05) is 12.4 Å². The number of hydrogen-bond donors (Lipinski definition) is 2. The third kappa shape index (κ3) is 4.77. The number of aromatic nitrogens is 2. The van der Waals surface area contributed by atoms with E-state index in [-0.39, 0.29) is 29.2 Å². The lowest BCUT2D eigenvalue weighted by Gasteiger charge is -2.39. The first-order valence-corrected chi connectivity index (χ1v) is 12.4. The van der Waals surface area contributed by atoms with Crippen LogP contribution in [0.3, 0.4) is 0 Å². The Kier molecular flexibility index (Phi) is 6.70. The molecule has 4 aromatic rings. The van der Waals surface area contributed by atoms with E-state index < -0.39 is 29.9 Å². The molecule has 13 heteroatoms. The van der Waals surface area contributed by atoms with Gasteiger partial charge in [-0.25, -0.2) is 14.6 Å². The van der Waals surface area contributed by atoms with E-state index in [0.29, 0.717) is 16.6 Å². The number of nitrogens with one attached hydrogen (secondary N) is 2. The van der Waals surface area contributed by atoms with Gasteiger partial charge in [-0.2, -0.15) is 13.2 Å². The Bertz CT molecular complexity index is 1620. The Hall–Kier alpha value is -4.14. The van der Waals surface area contributed by atoms with Crippen LogP contribution >= 0.6 is 22.6 Å². The van der Waals surface area contributed by atoms with Gasteiger partial charge >= 0.3 is 18.2 Å². The zero-order chi connectivity index (χ0) is 27.9. The molecule has 1 aliphatic heterocycles. The third-order valence-corrected chi connectivity index (χ3v) is 6.80. The van der Waals surface area contributed by atoms with E-state index in [1.54, 1.807) is 30.3 Å². The fourth-order valence-electron chi connectivity index (χ4n) is 4.50. The second-order valence-electron chi connectivity index (χ2n) is 8.53. The number of aromatic amines is 1. The number of amides is 2. The van der Waals surface area contributed by atoms with Gasteiger partial charge in [-0.05, 0) is 58.5 Å². The standard InChI is InChI=1S/C26H18F3IN4O5/c1-38-24(37)33-23-31-19-10-9-15(12-20(19)32-23)25(39-22(36)26(27,28)29)18-8-3-2-7-17(18)21(35)34(25)13-14-5-4-6-16(30)11-14/h2-12H,13H2,1H3,(H2,31,32,33,37). The number of nitrogens with zero attached hydrogens (tertiary/aromatic N) is 2. The molecule has 39 heavy (non-hydrogen) atoms. The van der Waals surface area contributed by atoms with Gasteiger partial charge in [0, 0.05) is 20.3 Å². The highest BCUT2D eigenvalue weighted by Crippen LogP contribution is 2.47. The SMILES string of the molecule is COC(=O)Nc1nc2ccc(C3(OC(=O)C(F)(F)F)c4ccccc4C(=O)N3Cc3cccc(I)c3)cc2[nH]1. The number of halogens is 4. The number of carbonyl (C=O) groups is 3. The molecule has 1 aliphatic rings. The monoisotopic (exact) mass is 650 g/mol. The van der Waals surface area contributed by atoms with Crippen LogP contribution in [0.2, 0.25) is 0 Å². The zero-order valence-electron chi connectivity index (χ0n) is 20.0. The first-order valence-electron chi connectivity index (χ1n) is 11.3. The number of alkyl halides is 3. The summed E-state index contributed by atoms with van der Waals surface area (Å²) in [6.07, 6.45) is -6.12. The lowest BCUT2D eigenvalue weighted by Crippen LogP contribution is -2.49. The molecular formula is C26H18F3IN4O5. The van der Waals surface area contributed by atoms with Crippen LogP contribution in [0, 0.1) is 3.57 Å². The maximum atomic E-state index is 13.7. The molecule has 0 saturated heterocycles. The fraction of sp³-hybridized carbons (Fsp3) is 0.154. The van der Waals surface area contributed by atoms with Gasteiger partial charge in [-0.1, -0.05) is 36.4 Å². The van der Waals surface area contributed by atoms with Crippen LogP contribution in [0.4, 0.5) is 23.9 Å². The van der Waals surface area contributed by atoms with Crippen LogP contribution in [-0.2, 0) is 26.5 Å². The minimum absolute atomic E-state index is 0.0222. The largest absolute Gasteiger partial charge is 0.491 e. The molecule has 0 spiro atoms. The van der Waals surface area contributed by atoms with Crippen molar-refractivity contribution in [2.45, 2.75) is 18.4 Å². The molecular weight excluding hydrogens is 632 g/mol. The van der Waals surface area contributed by atoms with Crippen molar-refractivity contribution in [3.63, 3.8) is 0 Å². The van der Waals surface area contributed by atoms with Gasteiger partial charge in [0.05, 0.1) is 24.7 Å². The predicted octanol–water partition coefficient (Wildman–Crippen LogP) is 5.31. The summed E-state index contributed by atoms with van der Waals surface area (Å²) in [6.45, 7) is -0.161. The summed E-state index contributed by atoms with van der Waals surface area (Å²) in [7, 11) is 1.17. The number of carbonyl (C=O) groups excluding carboxylic acids is 3. The molecule has 1 aromatic heterocycles. The topological polar surface area (TPSA) is 114 Å². The highest BCUT2D eigenvalue weighted by molar-refractivity contribution is 14.1. The Morgan fingerprint density at radius 1 is 1.10 bits per heavy atom. The molecule has 200 valence electrons. The normalized spacial score (nSPS) is 16.7. The van der Waals surface area contributed by atoms with E-state index in [2.05, 4.69) is 42.6 Å². The molecule has 0 bridgehead atoms. The van der Waals surface area contributed by atoms with Gasteiger partial charge in [0.2, 0.25) is 11.7 Å². The summed E-state index contributed by atoms with van der Waals surface area (Å²) in [4.78, 5) is 45.9. The maximum Gasteiger partial charge on any atom is 0.491 e. The Morgan fingerprint density at radius 3 is 2.59 bits per heavy atom. The molecule has 5 rings (SSSR count). The minimum atomic E-state index is -5.34. The smallest absolute Gasteiger partial charge is 0.453 e. The summed E-state index contributed by atoms with van der Waals surface area (Å²) < 4.78 is 51.6. The molecule has 0 saturated carbocycles. The summed E-state index contributed by atoms with van der Waals surface area (Å²) >= 11 is 2.08. The molecule has 0 fully saturated rings. The average Bonchev–Trinajstić information content (AvgIpc) is 3.40. The highest BCUT2D eigenvalue weighted by Gasteiger charge is 2.57. The van der Waals surface area contributed by atoms with Gasteiger partial charge in [-0.15, -0.1) is 0 Å². The van der Waals surface area contributed by atoms with Gasteiger partial charge in [-0.3, -0.25) is 15.0 Å². The van der Waals surface area contributed by atoms with Crippen LogP contribution in [0.25, 0.3) is 11.0 Å². The number of methoxy groups -OCH3 is 1. The van der Waals surface area contributed by atoms with Crippen LogP contribution in [0.1, 0.15) is 27.0 Å². The second-order valence-corrected chi connectivity index (χ2v) is 9.78. The Labute approximate surface area is 232 Å². The highest BCUT2D eigenvalue weighted by atomic mass is 127. The van der Waals surface area contributed by atoms with E-state index in [1.165, 1.54) is 37.4 Å². The first-order chi connectivity index (χ1) is 18.5. The van der Waals surface area contributed by atoms with Crippen molar-refractivity contribution in [1.29, 1.82) is 0 Å². The van der Waals surface area contributed by atoms with E-state index in [0.717, 1.165) is 8.47 Å². The molecule has 9 nitrogen and oxygen atoms in total. The fourth-order valence-corrected chi connectivity index (χ4v) is 5.11. The molecule has 3 aromatic carbocycles. The quantitative estimate of drug-likeness (QED) is 0.224. The van der Waals surface area contributed by atoms with Gasteiger partial charge in [0.25, 0.3) is 5.91 Å². The molecule has 0 radical (unpaired) electrons.